The molecule has 0 bridgehead atoms. The predicted octanol–water partition coefficient (Wildman–Crippen LogP) is 5.25. The first kappa shape index (κ1) is 23.0. The van der Waals surface area contributed by atoms with E-state index in [0.29, 0.717) is 36.6 Å². The molecule has 0 radical (unpaired) electrons. The fourth-order valence-electron chi connectivity index (χ4n) is 4.33. The van der Waals surface area contributed by atoms with Crippen LogP contribution in [-0.2, 0) is 10.0 Å². The molecule has 35 heavy (non-hydrogen) atoms. The Morgan fingerprint density at radius 1 is 0.714 bits per heavy atom. The summed E-state index contributed by atoms with van der Waals surface area (Å²) < 4.78 is 28.0. The second-order valence-electron chi connectivity index (χ2n) is 8.56. The molecule has 0 spiro atoms. The first-order valence-electron chi connectivity index (χ1n) is 11.6. The number of carbonyl (C=O) groups is 1. The monoisotopic (exact) mass is 482 g/mol. The van der Waals surface area contributed by atoms with E-state index in [0.717, 1.165) is 22.0 Å². The molecule has 6 heteroatoms. The fourth-order valence-corrected chi connectivity index (χ4v) is 5.79. The highest BCUT2D eigenvalue weighted by Gasteiger charge is 2.28. The van der Waals surface area contributed by atoms with Gasteiger partial charge in [-0.2, -0.15) is 4.31 Å². The molecule has 1 heterocycles. The van der Waals surface area contributed by atoms with Gasteiger partial charge in [0.1, 0.15) is 0 Å². The third-order valence-corrected chi connectivity index (χ3v) is 8.24. The molecule has 1 aliphatic heterocycles. The number of nitrogens with zero attached hydrogens (tertiary/aromatic N) is 2. The number of fused-ring (bicyclic) bond motifs is 1. The van der Waals surface area contributed by atoms with Crippen molar-refractivity contribution in [2.45, 2.75) is 4.90 Å². The second kappa shape index (κ2) is 9.86. The van der Waals surface area contributed by atoms with Crippen LogP contribution in [0, 0.1) is 0 Å². The minimum absolute atomic E-state index is 0.0494. The van der Waals surface area contributed by atoms with Crippen molar-refractivity contribution in [1.82, 2.24) is 4.31 Å². The van der Waals surface area contributed by atoms with Crippen molar-refractivity contribution in [3.63, 3.8) is 0 Å². The van der Waals surface area contributed by atoms with Crippen LogP contribution in [0.15, 0.2) is 108 Å². The molecule has 1 aliphatic rings. The number of sulfonamides is 1. The molecule has 1 fully saturated rings. The van der Waals surface area contributed by atoms with E-state index in [4.69, 9.17) is 0 Å². The number of piperazine rings is 1. The van der Waals surface area contributed by atoms with E-state index in [1.165, 1.54) is 0 Å². The third kappa shape index (κ3) is 5.04. The van der Waals surface area contributed by atoms with E-state index in [9.17, 15) is 13.2 Å². The van der Waals surface area contributed by atoms with Crippen LogP contribution in [0.2, 0.25) is 0 Å². The second-order valence-corrected chi connectivity index (χ2v) is 10.5. The molecule has 176 valence electrons. The maximum absolute atomic E-state index is 13.2. The van der Waals surface area contributed by atoms with Gasteiger partial charge in [0.2, 0.25) is 10.0 Å². The number of anilines is 1. The Morgan fingerprint density at radius 2 is 1.37 bits per heavy atom. The van der Waals surface area contributed by atoms with Crippen molar-refractivity contribution in [3.8, 4) is 0 Å². The zero-order chi connectivity index (χ0) is 24.3. The lowest BCUT2D eigenvalue weighted by molar-refractivity contribution is 0.104. The van der Waals surface area contributed by atoms with Crippen LogP contribution in [0.3, 0.4) is 0 Å². The lowest BCUT2D eigenvalue weighted by Gasteiger charge is -2.35. The van der Waals surface area contributed by atoms with E-state index in [1.54, 1.807) is 22.5 Å². The van der Waals surface area contributed by atoms with Crippen molar-refractivity contribution in [2.24, 2.45) is 0 Å². The summed E-state index contributed by atoms with van der Waals surface area (Å²) in [6, 6.07) is 30.3. The lowest BCUT2D eigenvalue weighted by Crippen LogP contribution is -2.48. The molecule has 0 atom stereocenters. The maximum atomic E-state index is 13.2. The summed E-state index contributed by atoms with van der Waals surface area (Å²) in [5, 5.41) is 1.94. The molecule has 0 amide bonds. The van der Waals surface area contributed by atoms with Crippen LogP contribution in [0.1, 0.15) is 15.9 Å². The normalized spacial score (nSPS) is 15.0. The van der Waals surface area contributed by atoms with Crippen molar-refractivity contribution in [3.05, 3.63) is 114 Å². The molecule has 4 aromatic rings. The maximum Gasteiger partial charge on any atom is 0.243 e. The highest BCUT2D eigenvalue weighted by atomic mass is 32.2. The van der Waals surface area contributed by atoms with E-state index >= 15 is 0 Å². The van der Waals surface area contributed by atoms with Gasteiger partial charge in [0.25, 0.3) is 0 Å². The van der Waals surface area contributed by atoms with Gasteiger partial charge < -0.3 is 4.90 Å². The van der Waals surface area contributed by atoms with Gasteiger partial charge in [0, 0.05) is 37.4 Å². The molecule has 0 unspecified atom stereocenters. The summed E-state index contributed by atoms with van der Waals surface area (Å²) >= 11 is 0. The molecule has 1 saturated heterocycles. The standard InChI is InChI=1S/C29H26N2O3S/c32-29(17-10-23-6-2-1-3-7-23)25-11-14-27(15-12-25)30-18-20-31(21-19-30)35(33,34)28-16-13-24-8-4-5-9-26(24)22-28/h1-17,22H,18-21H2/b17-10+. The van der Waals surface area contributed by atoms with Crippen LogP contribution in [0.4, 0.5) is 5.69 Å². The number of hydrogen-bond donors (Lipinski definition) is 0. The van der Waals surface area contributed by atoms with Gasteiger partial charge in [0.15, 0.2) is 5.78 Å². The molecule has 0 aromatic heterocycles. The highest BCUT2D eigenvalue weighted by Crippen LogP contribution is 2.24. The summed E-state index contributed by atoms with van der Waals surface area (Å²) in [5.41, 5.74) is 2.59. The Labute approximate surface area is 206 Å². The van der Waals surface area contributed by atoms with E-state index < -0.39 is 10.0 Å². The first-order chi connectivity index (χ1) is 17.0. The topological polar surface area (TPSA) is 57.7 Å². The lowest BCUT2D eigenvalue weighted by atomic mass is 10.1. The Morgan fingerprint density at radius 3 is 2.09 bits per heavy atom. The zero-order valence-corrected chi connectivity index (χ0v) is 20.1. The van der Waals surface area contributed by atoms with Crippen molar-refractivity contribution in [2.75, 3.05) is 31.1 Å². The molecular formula is C29H26N2O3S. The van der Waals surface area contributed by atoms with Crippen LogP contribution in [0.5, 0.6) is 0 Å². The summed E-state index contributed by atoms with van der Waals surface area (Å²) in [6.07, 6.45) is 3.40. The Hall–Kier alpha value is -3.74. The summed E-state index contributed by atoms with van der Waals surface area (Å²) in [6.45, 7) is 2.01. The molecule has 4 aromatic carbocycles. The molecule has 5 nitrogen and oxygen atoms in total. The van der Waals surface area contributed by atoms with E-state index in [1.807, 2.05) is 91.0 Å². The van der Waals surface area contributed by atoms with Gasteiger partial charge in [-0.25, -0.2) is 8.42 Å². The van der Waals surface area contributed by atoms with Crippen molar-refractivity contribution >= 4 is 38.3 Å². The smallest absolute Gasteiger partial charge is 0.243 e. The van der Waals surface area contributed by atoms with Crippen molar-refractivity contribution < 1.29 is 13.2 Å². The number of allylic oxidation sites excluding steroid dienone is 1. The summed E-state index contributed by atoms with van der Waals surface area (Å²) in [7, 11) is -3.55. The Balaban J connectivity index is 1.22. The molecule has 0 aliphatic carbocycles. The zero-order valence-electron chi connectivity index (χ0n) is 19.2. The Kier molecular flexibility index (Phi) is 6.49. The van der Waals surface area contributed by atoms with Gasteiger partial charge in [-0.3, -0.25) is 4.79 Å². The van der Waals surface area contributed by atoms with Gasteiger partial charge in [0.05, 0.1) is 4.90 Å². The fraction of sp³-hybridized carbons (Fsp3) is 0.138. The quantitative estimate of drug-likeness (QED) is 0.278. The van der Waals surface area contributed by atoms with Gasteiger partial charge in [-0.1, -0.05) is 66.7 Å². The number of benzene rings is 4. The Bertz CT molecular complexity index is 1470. The van der Waals surface area contributed by atoms with Crippen molar-refractivity contribution in [1.29, 1.82) is 0 Å². The largest absolute Gasteiger partial charge is 0.369 e. The minimum atomic E-state index is -3.55. The highest BCUT2D eigenvalue weighted by molar-refractivity contribution is 7.89. The van der Waals surface area contributed by atoms with Gasteiger partial charge >= 0.3 is 0 Å². The summed E-state index contributed by atoms with van der Waals surface area (Å²) in [5.74, 6) is -0.0494. The predicted molar refractivity (Wildman–Crippen MR) is 141 cm³/mol. The first-order valence-corrected chi connectivity index (χ1v) is 13.1. The molecular weight excluding hydrogens is 456 g/mol. The molecule has 5 rings (SSSR count). The average Bonchev–Trinajstić information content (AvgIpc) is 2.92. The van der Waals surface area contributed by atoms with Gasteiger partial charge in [-0.15, -0.1) is 0 Å². The number of carbonyl (C=O) groups excluding carboxylic acids is 1. The van der Waals surface area contributed by atoms with E-state index in [-0.39, 0.29) is 5.78 Å². The van der Waals surface area contributed by atoms with Crippen LogP contribution >= 0.6 is 0 Å². The third-order valence-electron chi connectivity index (χ3n) is 6.34. The SMILES string of the molecule is O=C(/C=C/c1ccccc1)c1ccc(N2CCN(S(=O)(=O)c3ccc4ccccc4c3)CC2)cc1. The number of ketones is 1. The number of hydrogen-bond acceptors (Lipinski definition) is 4. The van der Waals surface area contributed by atoms with Crippen LogP contribution < -0.4 is 4.90 Å². The summed E-state index contributed by atoms with van der Waals surface area (Å²) in [4.78, 5) is 15.0. The van der Waals surface area contributed by atoms with E-state index in [2.05, 4.69) is 4.90 Å². The minimum Gasteiger partial charge on any atom is -0.369 e. The number of rotatable bonds is 6. The molecule has 0 N–H and O–H groups in total. The molecule has 0 saturated carbocycles. The van der Waals surface area contributed by atoms with Crippen LogP contribution in [-0.4, -0.2) is 44.7 Å². The average molecular weight is 483 g/mol. The van der Waals surface area contributed by atoms with Gasteiger partial charge in [-0.05, 0) is 58.8 Å². The van der Waals surface area contributed by atoms with Crippen LogP contribution in [0.25, 0.3) is 16.8 Å².